The van der Waals surface area contributed by atoms with E-state index in [-0.39, 0.29) is 17.4 Å². The Bertz CT molecular complexity index is 1650. The van der Waals surface area contributed by atoms with Gasteiger partial charge in [-0.2, -0.15) is 0 Å². The van der Waals surface area contributed by atoms with E-state index in [4.69, 9.17) is 9.98 Å². The Labute approximate surface area is 232 Å². The summed E-state index contributed by atoms with van der Waals surface area (Å²) in [5, 5.41) is 6.07. The van der Waals surface area contributed by atoms with Gasteiger partial charge in [0.2, 0.25) is 5.91 Å². The summed E-state index contributed by atoms with van der Waals surface area (Å²) in [5.41, 5.74) is 5.46. The van der Waals surface area contributed by atoms with Crippen LogP contribution < -0.4 is 10.6 Å². The lowest BCUT2D eigenvalue weighted by atomic mass is 9.69. The number of nitrogens with zero attached hydrogens (tertiary/aromatic N) is 5. The van der Waals surface area contributed by atoms with Gasteiger partial charge in [0.15, 0.2) is 12.0 Å². The Morgan fingerprint density at radius 2 is 1.77 bits per heavy atom. The molecule has 4 aromatic rings. The zero-order valence-electron chi connectivity index (χ0n) is 22.2. The first kappa shape index (κ1) is 24.3. The van der Waals surface area contributed by atoms with Crippen LogP contribution in [0.2, 0.25) is 0 Å². The number of hydrogen-bond acceptors (Lipinski definition) is 5. The van der Waals surface area contributed by atoms with E-state index in [9.17, 15) is 9.59 Å². The number of amides is 3. The second-order valence-electron chi connectivity index (χ2n) is 10.7. The summed E-state index contributed by atoms with van der Waals surface area (Å²) < 4.78 is 2.08. The summed E-state index contributed by atoms with van der Waals surface area (Å²) in [6.07, 6.45) is 4.62. The van der Waals surface area contributed by atoms with Crippen LogP contribution in [0.5, 0.6) is 0 Å². The number of rotatable bonds is 2. The van der Waals surface area contributed by atoms with Crippen molar-refractivity contribution in [3.8, 4) is 5.69 Å². The van der Waals surface area contributed by atoms with Crippen molar-refractivity contribution in [3.05, 3.63) is 107 Å². The van der Waals surface area contributed by atoms with Crippen LogP contribution in [-0.2, 0) is 10.2 Å². The number of pyridine rings is 1. The molecule has 7 rings (SSSR count). The Balaban J connectivity index is 1.19. The molecule has 0 radical (unpaired) electrons. The normalized spacial score (nSPS) is 19.0. The van der Waals surface area contributed by atoms with Gasteiger partial charge in [0, 0.05) is 59.7 Å². The fraction of sp³-hybridized carbons (Fsp3) is 0.258. The molecule has 40 heavy (non-hydrogen) atoms. The van der Waals surface area contributed by atoms with Crippen LogP contribution in [0.4, 0.5) is 10.6 Å². The first-order chi connectivity index (χ1) is 19.5. The highest BCUT2D eigenvalue weighted by Gasteiger charge is 2.44. The van der Waals surface area contributed by atoms with E-state index in [1.165, 1.54) is 0 Å². The molecule has 1 unspecified atom stereocenters. The van der Waals surface area contributed by atoms with Crippen LogP contribution in [0, 0.1) is 6.92 Å². The van der Waals surface area contributed by atoms with Crippen LogP contribution in [0.15, 0.2) is 84.1 Å². The fourth-order valence-electron chi connectivity index (χ4n) is 6.31. The zero-order chi connectivity index (χ0) is 27.3. The first-order valence-electron chi connectivity index (χ1n) is 13.6. The molecule has 2 aromatic heterocycles. The maximum Gasteiger partial charge on any atom is 0.319 e. The number of benzene rings is 2. The van der Waals surface area contributed by atoms with Gasteiger partial charge in [-0.05, 0) is 31.9 Å². The highest BCUT2D eigenvalue weighted by atomic mass is 16.2. The summed E-state index contributed by atoms with van der Waals surface area (Å²) in [4.78, 5) is 42.2. The van der Waals surface area contributed by atoms with Gasteiger partial charge in [0.05, 0.1) is 11.4 Å². The van der Waals surface area contributed by atoms with Crippen molar-refractivity contribution in [1.82, 2.24) is 24.8 Å². The van der Waals surface area contributed by atoms with Gasteiger partial charge >= 0.3 is 6.03 Å². The third kappa shape index (κ3) is 3.97. The van der Waals surface area contributed by atoms with Crippen LogP contribution >= 0.6 is 0 Å². The van der Waals surface area contributed by atoms with Crippen LogP contribution in [0.1, 0.15) is 53.6 Å². The van der Waals surface area contributed by atoms with Gasteiger partial charge in [-0.3, -0.25) is 14.4 Å². The number of imidazole rings is 1. The third-order valence-corrected chi connectivity index (χ3v) is 8.32. The topological polar surface area (TPSA) is 105 Å². The smallest absolute Gasteiger partial charge is 0.319 e. The quantitative estimate of drug-likeness (QED) is 0.397. The second kappa shape index (κ2) is 9.44. The monoisotopic (exact) mass is 531 g/mol. The standard InChI is InChI=1S/C31H29N7O2/c1-20-19-33-29-28(35-26(21-8-3-2-4-9-21)22-10-5-6-12-24(22)38(20)29)36-30(40)37-16-13-31(14-17-37)18-25(39)34-27-23(31)11-7-15-32-27/h2-12,15,19,28H,13-14,16-18H2,1H3,(H,36,40)(H,32,34,39). The van der Waals surface area contributed by atoms with Crippen molar-refractivity contribution in [1.29, 1.82) is 0 Å². The predicted molar refractivity (Wildman–Crippen MR) is 152 cm³/mol. The largest absolute Gasteiger partial charge is 0.325 e. The summed E-state index contributed by atoms with van der Waals surface area (Å²) in [7, 11) is 0. The van der Waals surface area contributed by atoms with Crippen molar-refractivity contribution in [3.63, 3.8) is 0 Å². The average Bonchev–Trinajstić information content (AvgIpc) is 3.30. The van der Waals surface area contributed by atoms with Gasteiger partial charge in [0.25, 0.3) is 0 Å². The molecule has 1 atom stereocenters. The summed E-state index contributed by atoms with van der Waals surface area (Å²) >= 11 is 0. The molecule has 200 valence electrons. The summed E-state index contributed by atoms with van der Waals surface area (Å²) in [6, 6.07) is 21.9. The second-order valence-corrected chi connectivity index (χ2v) is 10.7. The van der Waals surface area contributed by atoms with Gasteiger partial charge in [-0.1, -0.05) is 54.6 Å². The maximum absolute atomic E-state index is 13.7. The number of likely N-dealkylation sites (tertiary alicyclic amines) is 1. The number of urea groups is 1. The minimum Gasteiger partial charge on any atom is -0.325 e. The lowest BCUT2D eigenvalue weighted by molar-refractivity contribution is -0.118. The van der Waals surface area contributed by atoms with E-state index >= 15 is 0 Å². The fourth-order valence-corrected chi connectivity index (χ4v) is 6.31. The Morgan fingerprint density at radius 3 is 2.60 bits per heavy atom. The SMILES string of the molecule is Cc1cnc2n1-c1ccccc1C(c1ccccc1)=NC2NC(=O)N1CCC2(CC1)CC(=O)Nc1ncccc12. The van der Waals surface area contributed by atoms with Crippen LogP contribution in [0.25, 0.3) is 5.69 Å². The molecule has 1 saturated heterocycles. The number of anilines is 1. The van der Waals surface area contributed by atoms with Gasteiger partial charge < -0.3 is 15.5 Å². The molecule has 0 aliphatic carbocycles. The lowest BCUT2D eigenvalue weighted by Gasteiger charge is -2.44. The molecule has 2 aromatic carbocycles. The van der Waals surface area contributed by atoms with E-state index in [1.54, 1.807) is 6.20 Å². The predicted octanol–water partition coefficient (Wildman–Crippen LogP) is 4.51. The van der Waals surface area contributed by atoms with Crippen molar-refractivity contribution in [2.45, 2.75) is 37.8 Å². The molecule has 1 spiro atoms. The number of nitrogens with one attached hydrogen (secondary N) is 2. The zero-order valence-corrected chi connectivity index (χ0v) is 22.2. The number of fused-ring (bicyclic) bond motifs is 5. The van der Waals surface area contributed by atoms with Crippen molar-refractivity contribution < 1.29 is 9.59 Å². The number of piperidine rings is 1. The maximum atomic E-state index is 13.7. The number of carbonyl (C=O) groups excluding carboxylic acids is 2. The molecular weight excluding hydrogens is 502 g/mol. The number of carbonyl (C=O) groups is 2. The molecule has 0 bridgehead atoms. The highest BCUT2D eigenvalue weighted by Crippen LogP contribution is 2.44. The van der Waals surface area contributed by atoms with Crippen LogP contribution in [0.3, 0.4) is 0 Å². The van der Waals surface area contributed by atoms with Gasteiger partial charge in [-0.15, -0.1) is 0 Å². The molecule has 1 fully saturated rings. The number of aromatic nitrogens is 3. The number of hydrogen-bond donors (Lipinski definition) is 2. The molecule has 2 N–H and O–H groups in total. The van der Waals surface area contributed by atoms with Gasteiger partial charge in [-0.25, -0.2) is 14.8 Å². The number of aryl methyl sites for hydroxylation is 1. The van der Waals surface area contributed by atoms with Gasteiger partial charge in [0.1, 0.15) is 5.82 Å². The molecule has 9 nitrogen and oxygen atoms in total. The van der Waals surface area contributed by atoms with E-state index in [2.05, 4.69) is 32.3 Å². The van der Waals surface area contributed by atoms with E-state index in [0.717, 1.165) is 33.8 Å². The van der Waals surface area contributed by atoms with E-state index in [1.807, 2.05) is 72.6 Å². The van der Waals surface area contributed by atoms with Crippen LogP contribution in [-0.4, -0.2) is 50.2 Å². The molecule has 9 heteroatoms. The Morgan fingerprint density at radius 1 is 1.00 bits per heavy atom. The minimum absolute atomic E-state index is 0.0212. The first-order valence-corrected chi connectivity index (χ1v) is 13.6. The van der Waals surface area contributed by atoms with E-state index in [0.29, 0.717) is 44.0 Å². The Hall–Kier alpha value is -4.79. The van der Waals surface area contributed by atoms with Crippen molar-refractivity contribution in [2.75, 3.05) is 18.4 Å². The Kier molecular flexibility index (Phi) is 5.73. The van der Waals surface area contributed by atoms with Crippen molar-refractivity contribution in [2.24, 2.45) is 4.99 Å². The highest BCUT2D eigenvalue weighted by molar-refractivity contribution is 6.15. The lowest BCUT2D eigenvalue weighted by Crippen LogP contribution is -2.51. The summed E-state index contributed by atoms with van der Waals surface area (Å²) in [6.45, 7) is 3.07. The number of aliphatic imine (C=N–C) groups is 1. The van der Waals surface area contributed by atoms with Crippen molar-refractivity contribution >= 4 is 23.5 Å². The minimum atomic E-state index is -0.676. The number of para-hydroxylation sites is 1. The summed E-state index contributed by atoms with van der Waals surface area (Å²) in [5.74, 6) is 1.29. The molecule has 3 aliphatic heterocycles. The third-order valence-electron chi connectivity index (χ3n) is 8.32. The molecular formula is C31H29N7O2. The molecule has 0 saturated carbocycles. The molecule has 3 aliphatic rings. The molecule has 5 heterocycles. The molecule has 3 amide bonds. The van der Waals surface area contributed by atoms with E-state index < -0.39 is 6.17 Å². The average molecular weight is 532 g/mol.